The van der Waals surface area contributed by atoms with Crippen molar-refractivity contribution in [2.45, 2.75) is 51.1 Å². The summed E-state index contributed by atoms with van der Waals surface area (Å²) in [6, 6.07) is 7.99. The molecule has 3 rings (SSSR count). The van der Waals surface area contributed by atoms with E-state index in [0.29, 0.717) is 0 Å². The summed E-state index contributed by atoms with van der Waals surface area (Å²) in [7, 11) is 1.78. The molecule has 6 nitrogen and oxygen atoms in total. The van der Waals surface area contributed by atoms with Gasteiger partial charge in [-0.15, -0.1) is 0 Å². The van der Waals surface area contributed by atoms with Gasteiger partial charge in [-0.2, -0.15) is 0 Å². The van der Waals surface area contributed by atoms with Gasteiger partial charge < -0.3 is 15.4 Å². The molecule has 1 aromatic rings. The van der Waals surface area contributed by atoms with E-state index in [9.17, 15) is 0 Å². The molecular formula is C18H27N5O. The van der Waals surface area contributed by atoms with Crippen molar-refractivity contribution in [1.29, 1.82) is 0 Å². The van der Waals surface area contributed by atoms with Gasteiger partial charge in [0.1, 0.15) is 11.4 Å². The SMILES string of the molecule is CCCCOc1ccc(NC2=NC3(CCCC3)NC(=NC)N2)cc1. The standard InChI is InChI=1S/C18H27N5O/c1-3-4-13-24-15-9-7-14(8-10-15)20-17-21-16(19-2)22-18(23-17)11-5-6-12-18/h7-10H,3-6,11-13H2,1-2H3,(H3,19,20,21,22,23). The van der Waals surface area contributed by atoms with E-state index in [-0.39, 0.29) is 5.66 Å². The Balaban J connectivity index is 1.67. The minimum Gasteiger partial charge on any atom is -0.494 e. The molecule has 1 aromatic carbocycles. The number of rotatable bonds is 5. The molecule has 1 aliphatic carbocycles. The molecule has 0 unspecified atom stereocenters. The Morgan fingerprint density at radius 2 is 2.00 bits per heavy atom. The highest BCUT2D eigenvalue weighted by atomic mass is 16.5. The van der Waals surface area contributed by atoms with Gasteiger partial charge in [-0.05, 0) is 56.4 Å². The van der Waals surface area contributed by atoms with E-state index >= 15 is 0 Å². The van der Waals surface area contributed by atoms with Crippen LogP contribution in [0.1, 0.15) is 45.4 Å². The van der Waals surface area contributed by atoms with Crippen molar-refractivity contribution in [3.63, 3.8) is 0 Å². The van der Waals surface area contributed by atoms with Crippen LogP contribution < -0.4 is 20.7 Å². The molecule has 130 valence electrons. The summed E-state index contributed by atoms with van der Waals surface area (Å²) in [4.78, 5) is 9.13. The highest BCUT2D eigenvalue weighted by Crippen LogP contribution is 2.32. The van der Waals surface area contributed by atoms with Crippen LogP contribution in [0, 0.1) is 0 Å². The molecule has 1 heterocycles. The minimum absolute atomic E-state index is 0.203. The minimum atomic E-state index is -0.203. The lowest BCUT2D eigenvalue weighted by Crippen LogP contribution is -2.58. The number of nitrogens with one attached hydrogen (secondary N) is 3. The molecule has 1 fully saturated rings. The van der Waals surface area contributed by atoms with Crippen LogP contribution in [0.25, 0.3) is 0 Å². The number of hydrogen-bond donors (Lipinski definition) is 3. The van der Waals surface area contributed by atoms with Crippen molar-refractivity contribution in [2.75, 3.05) is 19.0 Å². The number of hydrogen-bond acceptors (Lipinski definition) is 4. The van der Waals surface area contributed by atoms with Gasteiger partial charge in [0.15, 0.2) is 5.96 Å². The third-order valence-corrected chi connectivity index (χ3v) is 4.45. The number of nitrogens with zero attached hydrogens (tertiary/aromatic N) is 2. The molecule has 0 bridgehead atoms. The van der Waals surface area contributed by atoms with Crippen molar-refractivity contribution >= 4 is 17.6 Å². The second kappa shape index (κ2) is 7.55. The zero-order chi connectivity index (χ0) is 16.8. The second-order valence-electron chi connectivity index (χ2n) is 6.37. The zero-order valence-corrected chi connectivity index (χ0v) is 14.6. The van der Waals surface area contributed by atoms with E-state index in [1.807, 2.05) is 24.3 Å². The molecule has 0 saturated heterocycles. The van der Waals surface area contributed by atoms with E-state index < -0.39 is 0 Å². The Hall–Kier alpha value is -2.24. The number of guanidine groups is 2. The molecule has 0 radical (unpaired) electrons. The Labute approximate surface area is 143 Å². The molecule has 3 N–H and O–H groups in total. The highest BCUT2D eigenvalue weighted by molar-refractivity contribution is 6.07. The summed E-state index contributed by atoms with van der Waals surface area (Å²) in [5.74, 6) is 2.42. The van der Waals surface area contributed by atoms with Gasteiger partial charge in [-0.25, -0.2) is 4.99 Å². The number of ether oxygens (including phenoxy) is 1. The predicted octanol–water partition coefficient (Wildman–Crippen LogP) is 3.08. The van der Waals surface area contributed by atoms with Crippen molar-refractivity contribution in [2.24, 2.45) is 9.98 Å². The molecule has 0 atom stereocenters. The first-order chi connectivity index (χ1) is 11.7. The van der Waals surface area contributed by atoms with Crippen LogP contribution in [0.3, 0.4) is 0 Å². The summed E-state index contributed by atoms with van der Waals surface area (Å²) in [6.45, 7) is 2.93. The number of anilines is 1. The average Bonchev–Trinajstić information content (AvgIpc) is 3.03. The Morgan fingerprint density at radius 3 is 2.67 bits per heavy atom. The average molecular weight is 329 g/mol. The van der Waals surface area contributed by atoms with Crippen LogP contribution >= 0.6 is 0 Å². The maximum absolute atomic E-state index is 5.70. The topological polar surface area (TPSA) is 70.0 Å². The van der Waals surface area contributed by atoms with Gasteiger partial charge in [0.25, 0.3) is 0 Å². The second-order valence-corrected chi connectivity index (χ2v) is 6.37. The third kappa shape index (κ3) is 3.99. The summed E-state index contributed by atoms with van der Waals surface area (Å²) >= 11 is 0. The van der Waals surface area contributed by atoms with Crippen LogP contribution in [-0.2, 0) is 0 Å². The van der Waals surface area contributed by atoms with Crippen LogP contribution in [0.5, 0.6) is 5.75 Å². The summed E-state index contributed by atoms with van der Waals surface area (Å²) in [5, 5.41) is 9.98. The van der Waals surface area contributed by atoms with E-state index in [0.717, 1.165) is 55.6 Å². The van der Waals surface area contributed by atoms with E-state index in [4.69, 9.17) is 9.73 Å². The summed E-state index contributed by atoms with van der Waals surface area (Å²) < 4.78 is 5.70. The normalized spacial score (nSPS) is 20.4. The summed E-state index contributed by atoms with van der Waals surface area (Å²) in [6.07, 6.45) is 6.71. The van der Waals surface area contributed by atoms with Gasteiger partial charge in [0.05, 0.1) is 6.61 Å². The van der Waals surface area contributed by atoms with Crippen molar-refractivity contribution in [3.05, 3.63) is 24.3 Å². The molecule has 2 aliphatic rings. The summed E-state index contributed by atoms with van der Waals surface area (Å²) in [5.41, 5.74) is 0.778. The molecule has 1 saturated carbocycles. The quantitative estimate of drug-likeness (QED) is 0.726. The Bertz CT molecular complexity index is 602. The van der Waals surface area contributed by atoms with Crippen LogP contribution in [0.15, 0.2) is 34.3 Å². The maximum atomic E-state index is 5.70. The van der Waals surface area contributed by atoms with Gasteiger partial charge in [0.2, 0.25) is 5.96 Å². The predicted molar refractivity (Wildman–Crippen MR) is 98.7 cm³/mol. The number of unbranched alkanes of at least 4 members (excludes halogenated alkanes) is 1. The first kappa shape index (κ1) is 16.6. The number of aliphatic imine (C=N–C) groups is 2. The first-order valence-corrected chi connectivity index (χ1v) is 8.85. The van der Waals surface area contributed by atoms with Gasteiger partial charge in [-0.1, -0.05) is 13.3 Å². The van der Waals surface area contributed by atoms with Gasteiger partial charge in [-0.3, -0.25) is 10.3 Å². The van der Waals surface area contributed by atoms with Gasteiger partial charge in [0, 0.05) is 12.7 Å². The molecule has 6 heteroatoms. The first-order valence-electron chi connectivity index (χ1n) is 8.85. The van der Waals surface area contributed by atoms with Crippen molar-refractivity contribution in [1.82, 2.24) is 10.6 Å². The van der Waals surface area contributed by atoms with E-state index in [1.54, 1.807) is 7.05 Å². The fourth-order valence-corrected chi connectivity index (χ4v) is 3.11. The monoisotopic (exact) mass is 329 g/mol. The lowest BCUT2D eigenvalue weighted by Gasteiger charge is -2.33. The van der Waals surface area contributed by atoms with Crippen LogP contribution in [0.4, 0.5) is 5.69 Å². The van der Waals surface area contributed by atoms with Crippen molar-refractivity contribution < 1.29 is 4.74 Å². The van der Waals surface area contributed by atoms with E-state index in [2.05, 4.69) is 27.9 Å². The molecule has 24 heavy (non-hydrogen) atoms. The smallest absolute Gasteiger partial charge is 0.205 e. The third-order valence-electron chi connectivity index (χ3n) is 4.45. The Kier molecular flexibility index (Phi) is 5.23. The van der Waals surface area contributed by atoms with Gasteiger partial charge >= 0.3 is 0 Å². The molecule has 1 aliphatic heterocycles. The highest BCUT2D eigenvalue weighted by Gasteiger charge is 2.37. The van der Waals surface area contributed by atoms with Crippen molar-refractivity contribution in [3.8, 4) is 5.75 Å². The van der Waals surface area contributed by atoms with Crippen LogP contribution in [0.2, 0.25) is 0 Å². The molecule has 0 aromatic heterocycles. The largest absolute Gasteiger partial charge is 0.494 e. The van der Waals surface area contributed by atoms with Crippen LogP contribution in [-0.4, -0.2) is 31.2 Å². The lowest BCUT2D eigenvalue weighted by molar-refractivity contribution is 0.309. The molecular weight excluding hydrogens is 302 g/mol. The maximum Gasteiger partial charge on any atom is 0.205 e. The fourth-order valence-electron chi connectivity index (χ4n) is 3.11. The fraction of sp³-hybridized carbons (Fsp3) is 0.556. The van der Waals surface area contributed by atoms with E-state index in [1.165, 1.54) is 12.8 Å². The molecule has 1 spiro atoms. The number of benzene rings is 1. The molecule has 0 amide bonds. The zero-order valence-electron chi connectivity index (χ0n) is 14.6. The lowest BCUT2D eigenvalue weighted by atomic mass is 10.1. The Morgan fingerprint density at radius 1 is 1.25 bits per heavy atom.